The monoisotopic (exact) mass is 404 g/mol. The van der Waals surface area contributed by atoms with Crippen LogP contribution in [0, 0.1) is 0 Å². The maximum Gasteiger partial charge on any atom is 0.320 e. The fraction of sp³-hybridized carbons (Fsp3) is 0.174. The number of amides is 1. The number of carboxylic acids is 1. The Morgan fingerprint density at radius 3 is 2.33 bits per heavy atom. The predicted molar refractivity (Wildman–Crippen MR) is 117 cm³/mol. The smallest absolute Gasteiger partial charge is 0.320 e. The highest BCUT2D eigenvalue weighted by molar-refractivity contribution is 6.05. The molecule has 7 nitrogen and oxygen atoms in total. The highest BCUT2D eigenvalue weighted by Gasteiger charge is 2.13. The number of nitrogens with two attached hydrogens (primary N) is 2. The number of hydrogen-bond acceptors (Lipinski definition) is 4. The Hall–Kier alpha value is -3.71. The van der Waals surface area contributed by atoms with Crippen molar-refractivity contribution in [3.05, 3.63) is 83.4 Å². The Morgan fingerprint density at radius 1 is 0.967 bits per heavy atom. The van der Waals surface area contributed by atoms with Gasteiger partial charge in [0.25, 0.3) is 5.91 Å². The van der Waals surface area contributed by atoms with Crippen LogP contribution in [0.4, 0.5) is 0 Å². The number of carbonyl (C=O) groups is 2. The lowest BCUT2D eigenvalue weighted by Crippen LogP contribution is -2.37. The van der Waals surface area contributed by atoms with Crippen LogP contribution in [-0.2, 0) is 17.6 Å². The molecule has 0 aliphatic carbocycles. The lowest BCUT2D eigenvalue weighted by Gasteiger charge is -2.08. The molecule has 0 spiro atoms. The van der Waals surface area contributed by atoms with Crippen LogP contribution in [0.25, 0.3) is 10.8 Å². The summed E-state index contributed by atoms with van der Waals surface area (Å²) in [7, 11) is 0. The molecule has 1 atom stereocenters. The molecule has 0 saturated carbocycles. The molecular weight excluding hydrogens is 380 g/mol. The van der Waals surface area contributed by atoms with Crippen LogP contribution in [-0.4, -0.2) is 35.5 Å². The first kappa shape index (κ1) is 21.0. The average molecular weight is 404 g/mol. The molecule has 0 saturated heterocycles. The van der Waals surface area contributed by atoms with Crippen molar-refractivity contribution in [1.82, 2.24) is 5.32 Å². The van der Waals surface area contributed by atoms with E-state index in [0.29, 0.717) is 18.5 Å². The van der Waals surface area contributed by atoms with Crippen LogP contribution in [0.3, 0.4) is 0 Å². The summed E-state index contributed by atoms with van der Waals surface area (Å²) in [6, 6.07) is 20.0. The van der Waals surface area contributed by atoms with Crippen LogP contribution < -0.4 is 16.8 Å². The minimum absolute atomic E-state index is 0.0535. The van der Waals surface area contributed by atoms with Crippen LogP contribution in [0.1, 0.15) is 21.5 Å². The maximum atomic E-state index is 12.3. The molecule has 7 heteroatoms. The van der Waals surface area contributed by atoms with Gasteiger partial charge in [0.05, 0.1) is 0 Å². The first-order valence-corrected chi connectivity index (χ1v) is 9.58. The maximum absolute atomic E-state index is 12.3. The second-order valence-corrected chi connectivity index (χ2v) is 7.00. The van der Waals surface area contributed by atoms with Crippen molar-refractivity contribution >= 4 is 28.6 Å². The zero-order chi connectivity index (χ0) is 21.5. The minimum atomic E-state index is -1.07. The molecule has 0 radical (unpaired) electrons. The molecule has 0 bridgehead atoms. The summed E-state index contributed by atoms with van der Waals surface area (Å²) in [4.78, 5) is 27.3. The molecule has 30 heavy (non-hydrogen) atoms. The second kappa shape index (κ2) is 9.67. The summed E-state index contributed by atoms with van der Waals surface area (Å²) in [6.45, 7) is 0.455. The molecule has 0 fully saturated rings. The van der Waals surface area contributed by atoms with Crippen molar-refractivity contribution in [1.29, 1.82) is 0 Å². The van der Waals surface area contributed by atoms with Crippen LogP contribution in [0.5, 0.6) is 0 Å². The van der Waals surface area contributed by atoms with Gasteiger partial charge in [-0.05, 0) is 46.9 Å². The topological polar surface area (TPSA) is 131 Å². The lowest BCUT2D eigenvalue weighted by atomic mass is 10.0. The first-order valence-electron chi connectivity index (χ1n) is 9.58. The Labute approximate surface area is 174 Å². The van der Waals surface area contributed by atoms with Gasteiger partial charge in [-0.25, -0.2) is 0 Å². The summed E-state index contributed by atoms with van der Waals surface area (Å²) in [6.07, 6.45) is 0.898. The zero-order valence-electron chi connectivity index (χ0n) is 16.4. The number of fused-ring (bicyclic) bond motifs is 1. The number of aliphatic carboxylic acids is 1. The van der Waals surface area contributed by atoms with Crippen molar-refractivity contribution < 1.29 is 14.7 Å². The van der Waals surface area contributed by atoms with Gasteiger partial charge < -0.3 is 16.6 Å². The van der Waals surface area contributed by atoms with Crippen LogP contribution >= 0.6 is 0 Å². The summed E-state index contributed by atoms with van der Waals surface area (Å²) < 4.78 is 0. The summed E-state index contributed by atoms with van der Waals surface area (Å²) in [5, 5.41) is 13.8. The number of nitrogens with zero attached hydrogens (tertiary/aromatic N) is 1. The second-order valence-electron chi connectivity index (χ2n) is 7.00. The average Bonchev–Trinajstić information content (AvgIpc) is 2.74. The molecule has 0 aliphatic rings. The summed E-state index contributed by atoms with van der Waals surface area (Å²) in [5.74, 6) is -1.39. The predicted octanol–water partition coefficient (Wildman–Crippen LogP) is 2.08. The summed E-state index contributed by atoms with van der Waals surface area (Å²) in [5.41, 5.74) is 13.6. The summed E-state index contributed by atoms with van der Waals surface area (Å²) >= 11 is 0. The highest BCUT2D eigenvalue weighted by Crippen LogP contribution is 2.16. The van der Waals surface area contributed by atoms with Crippen molar-refractivity contribution in [2.45, 2.75) is 18.9 Å². The van der Waals surface area contributed by atoms with E-state index in [1.165, 1.54) is 10.8 Å². The Balaban J connectivity index is 1.52. The number of rotatable bonds is 7. The number of benzene rings is 3. The number of nitrogens with one attached hydrogen (secondary N) is 1. The van der Waals surface area contributed by atoms with Gasteiger partial charge in [-0.3, -0.25) is 19.9 Å². The Morgan fingerprint density at radius 2 is 1.63 bits per heavy atom. The SMILES string of the molecule is NC(=NCCc1ccc2ccccc2c1)NC(=O)c1ccc(C[C@H](N)C(=O)O)cc1. The van der Waals surface area contributed by atoms with Gasteiger partial charge in [0.1, 0.15) is 6.04 Å². The molecule has 3 aromatic carbocycles. The quantitative estimate of drug-likeness (QED) is 0.354. The van der Waals surface area contributed by atoms with E-state index in [4.69, 9.17) is 16.6 Å². The van der Waals surface area contributed by atoms with Gasteiger partial charge in [-0.15, -0.1) is 0 Å². The van der Waals surface area contributed by atoms with E-state index in [1.54, 1.807) is 24.3 Å². The molecular formula is C23H24N4O3. The van der Waals surface area contributed by atoms with E-state index < -0.39 is 12.0 Å². The first-order chi connectivity index (χ1) is 14.4. The Kier molecular flexibility index (Phi) is 6.77. The van der Waals surface area contributed by atoms with E-state index in [-0.39, 0.29) is 18.3 Å². The standard InChI is InChI=1S/C23H24N4O3/c24-20(22(29)30)14-15-6-9-18(10-7-15)21(28)27-23(25)26-12-11-16-5-8-17-3-1-2-4-19(17)13-16/h1-10,13,20H,11-12,14,24H2,(H,29,30)(H3,25,26,27,28)/t20-/m0/s1. The third kappa shape index (κ3) is 5.65. The molecule has 3 rings (SSSR count). The number of carbonyl (C=O) groups excluding carboxylic acids is 1. The van der Waals surface area contributed by atoms with E-state index in [9.17, 15) is 9.59 Å². The fourth-order valence-corrected chi connectivity index (χ4v) is 3.06. The normalized spacial score (nSPS) is 12.5. The van der Waals surface area contributed by atoms with Gasteiger partial charge in [0.15, 0.2) is 5.96 Å². The van der Waals surface area contributed by atoms with Gasteiger partial charge >= 0.3 is 5.97 Å². The van der Waals surface area contributed by atoms with Gasteiger partial charge in [0.2, 0.25) is 0 Å². The molecule has 0 aromatic heterocycles. The van der Waals surface area contributed by atoms with Crippen LogP contribution in [0.2, 0.25) is 0 Å². The third-order valence-electron chi connectivity index (χ3n) is 4.73. The third-order valence-corrected chi connectivity index (χ3v) is 4.73. The van der Waals surface area contributed by atoms with E-state index in [2.05, 4.69) is 40.6 Å². The number of guanidine groups is 1. The van der Waals surface area contributed by atoms with Crippen molar-refractivity contribution in [2.24, 2.45) is 16.5 Å². The zero-order valence-corrected chi connectivity index (χ0v) is 16.4. The van der Waals surface area contributed by atoms with E-state index in [1.807, 2.05) is 12.1 Å². The van der Waals surface area contributed by atoms with Crippen molar-refractivity contribution in [3.63, 3.8) is 0 Å². The highest BCUT2D eigenvalue weighted by atomic mass is 16.4. The molecule has 0 unspecified atom stereocenters. The van der Waals surface area contributed by atoms with Crippen LogP contribution in [0.15, 0.2) is 71.7 Å². The lowest BCUT2D eigenvalue weighted by molar-refractivity contribution is -0.138. The molecule has 3 aromatic rings. The van der Waals surface area contributed by atoms with Gasteiger partial charge in [-0.1, -0.05) is 54.6 Å². The van der Waals surface area contributed by atoms with Gasteiger partial charge in [-0.2, -0.15) is 0 Å². The van der Waals surface area contributed by atoms with E-state index >= 15 is 0 Å². The largest absolute Gasteiger partial charge is 0.480 e. The molecule has 0 heterocycles. The molecule has 154 valence electrons. The Bertz CT molecular complexity index is 1080. The molecule has 6 N–H and O–H groups in total. The van der Waals surface area contributed by atoms with E-state index in [0.717, 1.165) is 11.1 Å². The minimum Gasteiger partial charge on any atom is -0.480 e. The number of aliphatic imine (C=N–C) groups is 1. The fourth-order valence-electron chi connectivity index (χ4n) is 3.06. The van der Waals surface area contributed by atoms with Gasteiger partial charge in [0, 0.05) is 12.1 Å². The number of hydrogen-bond donors (Lipinski definition) is 4. The van der Waals surface area contributed by atoms with Crippen molar-refractivity contribution in [2.75, 3.05) is 6.54 Å². The molecule has 0 aliphatic heterocycles. The molecule has 1 amide bonds. The van der Waals surface area contributed by atoms with Crippen molar-refractivity contribution in [3.8, 4) is 0 Å². The number of carboxylic acid groups (broad SMARTS) is 1.